The maximum atomic E-state index is 9.51. The van der Waals surface area contributed by atoms with E-state index in [4.69, 9.17) is 11.6 Å². The quantitative estimate of drug-likeness (QED) is 0.513. The third-order valence-electron chi connectivity index (χ3n) is 3.43. The van der Waals surface area contributed by atoms with Crippen molar-refractivity contribution in [2.75, 3.05) is 0 Å². The first-order valence-electron chi connectivity index (χ1n) is 6.98. The normalized spacial score (nSPS) is 11.3. The second kappa shape index (κ2) is 6.87. The van der Waals surface area contributed by atoms with E-state index in [0.29, 0.717) is 10.6 Å². The molecule has 0 spiro atoms. The molecule has 0 aliphatic rings. The Labute approximate surface area is 148 Å². The molecule has 0 fully saturated rings. The Morgan fingerprint density at radius 3 is 2.57 bits per heavy atom. The highest BCUT2D eigenvalue weighted by Gasteiger charge is 2.06. The number of nitriles is 1. The van der Waals surface area contributed by atoms with Crippen LogP contribution in [0.2, 0.25) is 5.02 Å². The van der Waals surface area contributed by atoms with Crippen LogP contribution >= 0.6 is 27.5 Å². The molecule has 0 radical (unpaired) electrons. The molecule has 0 saturated carbocycles. The molecule has 0 saturated heterocycles. The highest BCUT2D eigenvalue weighted by atomic mass is 79.9. The summed E-state index contributed by atoms with van der Waals surface area (Å²) in [4.78, 5) is 0. The van der Waals surface area contributed by atoms with Gasteiger partial charge in [-0.2, -0.15) is 5.26 Å². The van der Waals surface area contributed by atoms with Gasteiger partial charge >= 0.3 is 0 Å². The Kier molecular flexibility index (Phi) is 4.66. The topological polar surface area (TPSA) is 28.7 Å². The van der Waals surface area contributed by atoms with E-state index < -0.39 is 0 Å². The fraction of sp³-hybridized carbons (Fsp3) is 0. The van der Waals surface area contributed by atoms with Crippen molar-refractivity contribution in [3.8, 4) is 11.8 Å². The Morgan fingerprint density at radius 1 is 1.09 bits per heavy atom. The van der Waals surface area contributed by atoms with Crippen LogP contribution < -0.4 is 0 Å². The van der Waals surface area contributed by atoms with E-state index in [2.05, 4.69) is 22.0 Å². The number of rotatable bonds is 3. The molecule has 0 atom stereocenters. The van der Waals surface area contributed by atoms with Crippen LogP contribution in [0, 0.1) is 11.3 Å². The van der Waals surface area contributed by atoms with Gasteiger partial charge in [-0.3, -0.25) is 0 Å². The molecule has 0 amide bonds. The molecule has 0 unspecified atom stereocenters. The second-order valence-corrected chi connectivity index (χ2v) is 6.31. The minimum atomic E-state index is 0.611. The van der Waals surface area contributed by atoms with E-state index in [0.717, 1.165) is 21.4 Å². The first kappa shape index (κ1) is 15.6. The molecule has 2 nitrogen and oxygen atoms in total. The van der Waals surface area contributed by atoms with E-state index in [1.54, 1.807) is 0 Å². The third kappa shape index (κ3) is 3.56. The van der Waals surface area contributed by atoms with Gasteiger partial charge in [0.05, 0.1) is 11.6 Å². The summed E-state index contributed by atoms with van der Waals surface area (Å²) in [5.74, 6) is 0. The van der Waals surface area contributed by atoms with Crippen molar-refractivity contribution in [3.05, 3.63) is 87.6 Å². The molecule has 1 heterocycles. The molecule has 112 valence electrons. The van der Waals surface area contributed by atoms with Gasteiger partial charge in [0, 0.05) is 27.1 Å². The molecule has 0 aliphatic carbocycles. The fourth-order valence-electron chi connectivity index (χ4n) is 2.33. The van der Waals surface area contributed by atoms with Gasteiger partial charge in [-0.05, 0) is 60.2 Å². The van der Waals surface area contributed by atoms with Crippen molar-refractivity contribution in [3.63, 3.8) is 0 Å². The second-order valence-electron chi connectivity index (χ2n) is 4.96. The molecular formula is C19H12BrClN2. The number of hydrogen-bond donors (Lipinski definition) is 0. The summed E-state index contributed by atoms with van der Waals surface area (Å²) in [6, 6.07) is 21.5. The summed E-state index contributed by atoms with van der Waals surface area (Å²) < 4.78 is 2.97. The van der Waals surface area contributed by atoms with Gasteiger partial charge in [-0.15, -0.1) is 0 Å². The Bertz CT molecular complexity index is 902. The first-order chi connectivity index (χ1) is 11.2. The van der Waals surface area contributed by atoms with Crippen molar-refractivity contribution >= 4 is 39.2 Å². The van der Waals surface area contributed by atoms with Crippen LogP contribution in [0.15, 0.2) is 71.3 Å². The number of nitrogens with zero attached hydrogens (tertiary/aromatic N) is 2. The van der Waals surface area contributed by atoms with Crippen LogP contribution in [-0.4, -0.2) is 4.57 Å². The van der Waals surface area contributed by atoms with Crippen LogP contribution in [-0.2, 0) is 0 Å². The van der Waals surface area contributed by atoms with E-state index >= 15 is 0 Å². The van der Waals surface area contributed by atoms with Gasteiger partial charge < -0.3 is 4.57 Å². The van der Waals surface area contributed by atoms with Gasteiger partial charge in [0.25, 0.3) is 0 Å². The Balaban J connectivity index is 2.04. The zero-order valence-electron chi connectivity index (χ0n) is 12.1. The monoisotopic (exact) mass is 382 g/mol. The fourth-order valence-corrected chi connectivity index (χ4v) is 2.86. The summed E-state index contributed by atoms with van der Waals surface area (Å²) in [7, 11) is 0. The number of aromatic nitrogens is 1. The van der Waals surface area contributed by atoms with Gasteiger partial charge in [0.2, 0.25) is 0 Å². The molecule has 3 aromatic rings. The molecule has 4 heteroatoms. The van der Waals surface area contributed by atoms with Crippen LogP contribution in [0.3, 0.4) is 0 Å². The summed E-state index contributed by atoms with van der Waals surface area (Å²) in [6.45, 7) is 0. The maximum absolute atomic E-state index is 9.51. The van der Waals surface area contributed by atoms with E-state index in [9.17, 15) is 5.26 Å². The van der Waals surface area contributed by atoms with Gasteiger partial charge in [0.1, 0.15) is 0 Å². The highest BCUT2D eigenvalue weighted by Crippen LogP contribution is 2.23. The van der Waals surface area contributed by atoms with Crippen LogP contribution in [0.25, 0.3) is 17.3 Å². The molecule has 23 heavy (non-hydrogen) atoms. The molecule has 0 aliphatic heterocycles. The van der Waals surface area contributed by atoms with E-state index in [1.807, 2.05) is 77.5 Å². The van der Waals surface area contributed by atoms with E-state index in [-0.39, 0.29) is 0 Å². The average molecular weight is 384 g/mol. The molecule has 1 aromatic heterocycles. The SMILES string of the molecule is N#C/C(=C/c1cccn1-c1ccc(Cl)cc1)c1cccc(Br)c1. The zero-order chi connectivity index (χ0) is 16.2. The smallest absolute Gasteiger partial charge is 0.0998 e. The largest absolute Gasteiger partial charge is 0.317 e. The number of halogens is 2. The lowest BCUT2D eigenvalue weighted by atomic mass is 10.1. The molecule has 0 bridgehead atoms. The standard InChI is InChI=1S/C19H12BrClN2/c20-16-4-1-3-14(11-16)15(13-22)12-19-5-2-10-23(19)18-8-6-17(21)7-9-18/h1-12H/b15-12-. The number of allylic oxidation sites excluding steroid dienone is 1. The highest BCUT2D eigenvalue weighted by molar-refractivity contribution is 9.10. The average Bonchev–Trinajstić information content (AvgIpc) is 3.01. The number of benzene rings is 2. The molecule has 3 rings (SSSR count). The first-order valence-corrected chi connectivity index (χ1v) is 8.15. The minimum absolute atomic E-state index is 0.611. The van der Waals surface area contributed by atoms with Crippen LogP contribution in [0.5, 0.6) is 0 Å². The lowest BCUT2D eigenvalue weighted by Gasteiger charge is -2.07. The summed E-state index contributed by atoms with van der Waals surface area (Å²) in [6.07, 6.45) is 3.85. The predicted molar refractivity (Wildman–Crippen MR) is 98.4 cm³/mol. The molecule has 0 N–H and O–H groups in total. The zero-order valence-corrected chi connectivity index (χ0v) is 14.4. The molecule has 2 aromatic carbocycles. The predicted octanol–water partition coefficient (Wildman–Crippen LogP) is 5.96. The van der Waals surface area contributed by atoms with Crippen molar-refractivity contribution in [1.82, 2.24) is 4.57 Å². The van der Waals surface area contributed by atoms with Crippen molar-refractivity contribution in [1.29, 1.82) is 5.26 Å². The van der Waals surface area contributed by atoms with Crippen LogP contribution in [0.1, 0.15) is 11.3 Å². The van der Waals surface area contributed by atoms with Crippen molar-refractivity contribution in [2.24, 2.45) is 0 Å². The van der Waals surface area contributed by atoms with Gasteiger partial charge in [-0.25, -0.2) is 0 Å². The Hall–Kier alpha value is -2.28. The minimum Gasteiger partial charge on any atom is -0.317 e. The van der Waals surface area contributed by atoms with Crippen molar-refractivity contribution < 1.29 is 0 Å². The van der Waals surface area contributed by atoms with Crippen LogP contribution in [0.4, 0.5) is 0 Å². The van der Waals surface area contributed by atoms with Crippen molar-refractivity contribution in [2.45, 2.75) is 0 Å². The molecular weight excluding hydrogens is 372 g/mol. The van der Waals surface area contributed by atoms with Gasteiger partial charge in [-0.1, -0.05) is 39.7 Å². The summed E-state index contributed by atoms with van der Waals surface area (Å²) >= 11 is 9.39. The summed E-state index contributed by atoms with van der Waals surface area (Å²) in [5, 5.41) is 10.2. The summed E-state index contributed by atoms with van der Waals surface area (Å²) in [5.41, 5.74) is 3.42. The lowest BCUT2D eigenvalue weighted by molar-refractivity contribution is 1.06. The van der Waals surface area contributed by atoms with E-state index in [1.165, 1.54) is 0 Å². The van der Waals surface area contributed by atoms with Gasteiger partial charge in [0.15, 0.2) is 0 Å². The third-order valence-corrected chi connectivity index (χ3v) is 4.18. The maximum Gasteiger partial charge on any atom is 0.0998 e. The lowest BCUT2D eigenvalue weighted by Crippen LogP contribution is -1.94. The Morgan fingerprint density at radius 2 is 1.87 bits per heavy atom. The number of hydrogen-bond acceptors (Lipinski definition) is 1.